The number of hydrogen-bond acceptors (Lipinski definition) is 2. The van der Waals surface area contributed by atoms with Gasteiger partial charge >= 0.3 is 0 Å². The van der Waals surface area contributed by atoms with E-state index < -0.39 is 0 Å². The van der Waals surface area contributed by atoms with Gasteiger partial charge in [0.15, 0.2) is 0 Å². The van der Waals surface area contributed by atoms with Crippen molar-refractivity contribution >= 4 is 55.7 Å². The van der Waals surface area contributed by atoms with E-state index in [0.717, 1.165) is 34.1 Å². The fourth-order valence-electron chi connectivity index (χ4n) is 8.86. The molecule has 10 aromatic rings. The Hall–Kier alpha value is -7.68. The number of para-hydroxylation sites is 4. The summed E-state index contributed by atoms with van der Waals surface area (Å²) in [5.41, 5.74) is 16.4. The molecule has 0 unspecified atom stereocenters. The Balaban J connectivity index is 1.06. The molecular formula is C58H44N2. The van der Waals surface area contributed by atoms with Crippen molar-refractivity contribution in [2.75, 3.05) is 9.80 Å². The van der Waals surface area contributed by atoms with Crippen molar-refractivity contribution in [2.45, 2.75) is 13.8 Å². The Morgan fingerprint density at radius 1 is 0.267 bits per heavy atom. The van der Waals surface area contributed by atoms with Crippen molar-refractivity contribution in [1.29, 1.82) is 0 Å². The molecule has 286 valence electrons. The summed E-state index contributed by atoms with van der Waals surface area (Å²) in [4.78, 5) is 4.82. The lowest BCUT2D eigenvalue weighted by Gasteiger charge is -2.30. The smallest absolute Gasteiger partial charge is 0.0540 e. The van der Waals surface area contributed by atoms with Gasteiger partial charge in [0.1, 0.15) is 0 Å². The summed E-state index contributed by atoms with van der Waals surface area (Å²) >= 11 is 0. The van der Waals surface area contributed by atoms with Crippen LogP contribution in [-0.2, 0) is 0 Å². The predicted molar refractivity (Wildman–Crippen MR) is 257 cm³/mol. The van der Waals surface area contributed by atoms with Crippen LogP contribution >= 0.6 is 0 Å². The zero-order valence-electron chi connectivity index (χ0n) is 33.8. The standard InChI is InChI=1S/C58H44N2/c1-41-39-45(35-37-55(41)59(47-23-5-3-6-24-47)57-33-15-13-29-53(57)51-31-17-21-43-19-9-11-27-49(43)51)46-36-38-56(42(2)40-46)60(48-25-7-4-8-26-48)58-34-16-14-30-54(58)52-32-18-22-44-20-10-12-28-50(44)52/h3-40H,1-2H3. The highest BCUT2D eigenvalue weighted by Gasteiger charge is 2.22. The van der Waals surface area contributed by atoms with Crippen LogP contribution in [0.5, 0.6) is 0 Å². The number of benzene rings is 10. The lowest BCUT2D eigenvalue weighted by Crippen LogP contribution is -2.13. The summed E-state index contributed by atoms with van der Waals surface area (Å²) in [5.74, 6) is 0. The molecule has 0 aliphatic carbocycles. The fourth-order valence-corrected chi connectivity index (χ4v) is 8.86. The maximum atomic E-state index is 2.41. The molecule has 2 nitrogen and oxygen atoms in total. The third kappa shape index (κ3) is 6.78. The van der Waals surface area contributed by atoms with E-state index in [2.05, 4.69) is 254 Å². The van der Waals surface area contributed by atoms with Crippen LogP contribution in [0.4, 0.5) is 34.1 Å². The van der Waals surface area contributed by atoms with Crippen LogP contribution in [0.1, 0.15) is 11.1 Å². The lowest BCUT2D eigenvalue weighted by atomic mass is 9.95. The molecule has 60 heavy (non-hydrogen) atoms. The second kappa shape index (κ2) is 15.9. The van der Waals surface area contributed by atoms with Gasteiger partial charge in [-0.3, -0.25) is 0 Å². The normalized spacial score (nSPS) is 11.2. The molecular weight excluding hydrogens is 725 g/mol. The summed E-state index contributed by atoms with van der Waals surface area (Å²) in [6.45, 7) is 4.47. The van der Waals surface area contributed by atoms with Crippen molar-refractivity contribution in [2.24, 2.45) is 0 Å². The van der Waals surface area contributed by atoms with E-state index in [1.165, 1.54) is 66.1 Å². The van der Waals surface area contributed by atoms with Gasteiger partial charge in [0.25, 0.3) is 0 Å². The fraction of sp³-hybridized carbons (Fsp3) is 0.0345. The quantitative estimate of drug-likeness (QED) is 0.144. The van der Waals surface area contributed by atoms with Crippen molar-refractivity contribution in [3.05, 3.63) is 242 Å². The maximum Gasteiger partial charge on any atom is 0.0540 e. The molecule has 0 saturated heterocycles. The summed E-state index contributed by atoms with van der Waals surface area (Å²) in [5, 5.41) is 4.96. The predicted octanol–water partition coefficient (Wildman–Crippen LogP) is 16.6. The van der Waals surface area contributed by atoms with E-state index >= 15 is 0 Å². The molecule has 2 heteroatoms. The molecule has 0 saturated carbocycles. The largest absolute Gasteiger partial charge is 0.310 e. The van der Waals surface area contributed by atoms with Crippen LogP contribution in [0, 0.1) is 13.8 Å². The first kappa shape index (κ1) is 36.6. The molecule has 0 heterocycles. The highest BCUT2D eigenvalue weighted by Crippen LogP contribution is 2.46. The number of nitrogens with zero attached hydrogens (tertiary/aromatic N) is 2. The van der Waals surface area contributed by atoms with Crippen LogP contribution in [-0.4, -0.2) is 0 Å². The minimum Gasteiger partial charge on any atom is -0.310 e. The van der Waals surface area contributed by atoms with Crippen molar-refractivity contribution in [3.63, 3.8) is 0 Å². The number of fused-ring (bicyclic) bond motifs is 2. The van der Waals surface area contributed by atoms with Crippen LogP contribution in [0.2, 0.25) is 0 Å². The van der Waals surface area contributed by atoms with Crippen LogP contribution < -0.4 is 9.80 Å². The molecule has 0 aromatic heterocycles. The highest BCUT2D eigenvalue weighted by molar-refractivity contribution is 6.03. The van der Waals surface area contributed by atoms with Gasteiger partial charge in [-0.25, -0.2) is 0 Å². The van der Waals surface area contributed by atoms with E-state index in [1.54, 1.807) is 0 Å². The van der Waals surface area contributed by atoms with Crippen molar-refractivity contribution in [1.82, 2.24) is 0 Å². The molecule has 10 aromatic carbocycles. The van der Waals surface area contributed by atoms with E-state index in [0.29, 0.717) is 0 Å². The van der Waals surface area contributed by atoms with E-state index in [-0.39, 0.29) is 0 Å². The summed E-state index contributed by atoms with van der Waals surface area (Å²) in [7, 11) is 0. The van der Waals surface area contributed by atoms with Crippen molar-refractivity contribution < 1.29 is 0 Å². The van der Waals surface area contributed by atoms with Crippen LogP contribution in [0.3, 0.4) is 0 Å². The van der Waals surface area contributed by atoms with Gasteiger partial charge in [0, 0.05) is 33.9 Å². The van der Waals surface area contributed by atoms with E-state index in [9.17, 15) is 0 Å². The lowest BCUT2D eigenvalue weighted by molar-refractivity contribution is 1.24. The molecule has 0 aliphatic heterocycles. The van der Waals surface area contributed by atoms with Crippen LogP contribution in [0.15, 0.2) is 231 Å². The van der Waals surface area contributed by atoms with Gasteiger partial charge in [0.05, 0.1) is 11.4 Å². The average molecular weight is 769 g/mol. The minimum absolute atomic E-state index is 1.12. The van der Waals surface area contributed by atoms with E-state index in [4.69, 9.17) is 0 Å². The van der Waals surface area contributed by atoms with Crippen LogP contribution in [0.25, 0.3) is 54.9 Å². The second-order valence-corrected chi connectivity index (χ2v) is 15.4. The third-order valence-corrected chi connectivity index (χ3v) is 11.7. The monoisotopic (exact) mass is 768 g/mol. The molecule has 10 rings (SSSR count). The zero-order chi connectivity index (χ0) is 40.4. The van der Waals surface area contributed by atoms with Gasteiger partial charge in [-0.15, -0.1) is 0 Å². The molecule has 0 atom stereocenters. The number of rotatable bonds is 9. The average Bonchev–Trinajstić information content (AvgIpc) is 3.31. The first-order valence-corrected chi connectivity index (χ1v) is 20.7. The molecule has 0 spiro atoms. The van der Waals surface area contributed by atoms with Gasteiger partial charge in [-0.05, 0) is 129 Å². The Morgan fingerprint density at radius 3 is 1.05 bits per heavy atom. The van der Waals surface area contributed by atoms with Gasteiger partial charge in [0.2, 0.25) is 0 Å². The second-order valence-electron chi connectivity index (χ2n) is 15.4. The zero-order valence-corrected chi connectivity index (χ0v) is 33.8. The Labute approximate surface area is 352 Å². The molecule has 0 fully saturated rings. The van der Waals surface area contributed by atoms with Gasteiger partial charge < -0.3 is 9.80 Å². The Morgan fingerprint density at radius 2 is 0.617 bits per heavy atom. The number of hydrogen-bond donors (Lipinski definition) is 0. The summed E-state index contributed by atoms with van der Waals surface area (Å²) in [6, 6.07) is 83.4. The Kier molecular flexibility index (Phi) is 9.73. The van der Waals surface area contributed by atoms with Gasteiger partial charge in [-0.1, -0.05) is 170 Å². The third-order valence-electron chi connectivity index (χ3n) is 11.7. The molecule has 0 bridgehead atoms. The van der Waals surface area contributed by atoms with E-state index in [1.807, 2.05) is 0 Å². The maximum absolute atomic E-state index is 2.41. The van der Waals surface area contributed by atoms with Crippen molar-refractivity contribution in [3.8, 4) is 33.4 Å². The number of anilines is 6. The SMILES string of the molecule is Cc1cc(-c2ccc(N(c3ccccc3)c3ccccc3-c3cccc4ccccc34)c(C)c2)ccc1N(c1ccccc1)c1ccccc1-c1cccc2ccccc12. The molecule has 0 aliphatic rings. The molecule has 0 radical (unpaired) electrons. The number of aryl methyl sites for hydroxylation is 2. The first-order valence-electron chi connectivity index (χ1n) is 20.7. The first-order chi connectivity index (χ1) is 29.6. The minimum atomic E-state index is 1.12. The summed E-state index contributed by atoms with van der Waals surface area (Å²) in [6.07, 6.45) is 0. The topological polar surface area (TPSA) is 6.48 Å². The Bertz CT molecular complexity index is 2910. The van der Waals surface area contributed by atoms with Gasteiger partial charge in [-0.2, -0.15) is 0 Å². The summed E-state index contributed by atoms with van der Waals surface area (Å²) < 4.78 is 0. The highest BCUT2D eigenvalue weighted by atomic mass is 15.2. The molecule has 0 N–H and O–H groups in total. The molecule has 0 amide bonds.